The van der Waals surface area contributed by atoms with Crippen LogP contribution in [0.2, 0.25) is 0 Å². The van der Waals surface area contributed by atoms with Crippen LogP contribution >= 0.6 is 0 Å². The van der Waals surface area contributed by atoms with Crippen LogP contribution in [0.4, 0.5) is 41.2 Å². The second kappa shape index (κ2) is 8.16. The number of rotatable bonds is 4. The van der Waals surface area contributed by atoms with Crippen LogP contribution in [0.15, 0.2) is 58.9 Å². The first-order valence-corrected chi connectivity index (χ1v) is 11.3. The summed E-state index contributed by atoms with van der Waals surface area (Å²) in [5.74, 6) is 0.826. The lowest BCUT2D eigenvalue weighted by molar-refractivity contribution is -0.166. The molecule has 3 aliphatic heterocycles. The number of nitrogens with zero attached hydrogens (tertiary/aromatic N) is 7. The van der Waals surface area contributed by atoms with E-state index in [9.17, 15) is 18.0 Å². The van der Waals surface area contributed by atoms with E-state index in [0.717, 1.165) is 18.7 Å². The third kappa shape index (κ3) is 3.77. The van der Waals surface area contributed by atoms with Gasteiger partial charge in [-0.05, 0) is 30.7 Å². The maximum absolute atomic E-state index is 13.5. The Bertz CT molecular complexity index is 1480. The number of fused-ring (bicyclic) bond motifs is 4. The van der Waals surface area contributed by atoms with Gasteiger partial charge >= 0.3 is 17.9 Å². The normalized spacial score (nSPS) is 18.7. The number of halogens is 3. The number of amides is 2. The summed E-state index contributed by atoms with van der Waals surface area (Å²) in [5.41, 5.74) is -0.981. The fourth-order valence-corrected chi connectivity index (χ4v) is 4.69. The fourth-order valence-electron chi connectivity index (χ4n) is 4.69. The van der Waals surface area contributed by atoms with Crippen LogP contribution in [0.5, 0.6) is 0 Å². The molecule has 3 aliphatic rings. The second-order valence-electron chi connectivity index (χ2n) is 8.71. The maximum atomic E-state index is 13.5. The van der Waals surface area contributed by atoms with Crippen molar-refractivity contribution in [2.24, 2.45) is 10.2 Å². The van der Waals surface area contributed by atoms with E-state index in [1.807, 2.05) is 6.07 Å². The third-order valence-corrected chi connectivity index (χ3v) is 6.50. The Balaban J connectivity index is 1.34. The van der Waals surface area contributed by atoms with E-state index in [0.29, 0.717) is 23.6 Å². The molecule has 2 bridgehead atoms. The highest BCUT2D eigenvalue weighted by Gasteiger charge is 2.65. The van der Waals surface area contributed by atoms with Gasteiger partial charge in [0.15, 0.2) is 5.82 Å². The Morgan fingerprint density at radius 2 is 2.00 bits per heavy atom. The van der Waals surface area contributed by atoms with Gasteiger partial charge in [0.1, 0.15) is 5.82 Å². The van der Waals surface area contributed by atoms with Crippen LogP contribution in [0, 0.1) is 12.5 Å². The lowest BCUT2D eigenvalue weighted by Crippen LogP contribution is -2.48. The van der Waals surface area contributed by atoms with E-state index in [1.165, 1.54) is 30.5 Å². The summed E-state index contributed by atoms with van der Waals surface area (Å²) in [4.78, 5) is 30.0. The average Bonchev–Trinajstić information content (AvgIpc) is 3.61. The molecule has 2 aromatic heterocycles. The molecule has 6 rings (SSSR count). The number of urea groups is 1. The number of hydrogen-bond acceptors (Lipinski definition) is 8. The molecule has 1 atom stereocenters. The summed E-state index contributed by atoms with van der Waals surface area (Å²) in [6, 6.07) is 12.6. The molecule has 1 aromatic carbocycles. The Morgan fingerprint density at radius 3 is 2.76 bits per heavy atom. The van der Waals surface area contributed by atoms with Gasteiger partial charge in [-0.1, -0.05) is 24.6 Å². The summed E-state index contributed by atoms with van der Waals surface area (Å²) in [6.45, 7) is 1.39. The van der Waals surface area contributed by atoms with Crippen molar-refractivity contribution in [3.8, 4) is 23.7 Å². The zero-order valence-electron chi connectivity index (χ0n) is 19.1. The molecule has 3 aromatic rings. The zero-order valence-corrected chi connectivity index (χ0v) is 19.1. The van der Waals surface area contributed by atoms with Gasteiger partial charge < -0.3 is 4.90 Å². The molecule has 5 heterocycles. The lowest BCUT2D eigenvalue weighted by Gasteiger charge is -2.35. The van der Waals surface area contributed by atoms with Crippen LogP contribution < -0.4 is 20.4 Å². The van der Waals surface area contributed by atoms with Crippen LogP contribution in [0.3, 0.4) is 0 Å². The number of carbonyl (C=O) groups is 1. The molecule has 2 N–H and O–H groups in total. The van der Waals surface area contributed by atoms with Gasteiger partial charge in [-0.15, -0.1) is 10.2 Å². The van der Waals surface area contributed by atoms with E-state index in [1.54, 1.807) is 17.0 Å². The molecule has 37 heavy (non-hydrogen) atoms. The van der Waals surface area contributed by atoms with Gasteiger partial charge in [-0.2, -0.15) is 18.2 Å². The highest BCUT2D eigenvalue weighted by molar-refractivity contribution is 6.04. The molecule has 1 fully saturated rings. The number of anilines is 4. The van der Waals surface area contributed by atoms with E-state index in [4.69, 9.17) is 11.4 Å². The molecular formula is C24H18F3N9O. The predicted octanol–water partition coefficient (Wildman–Crippen LogP) is 4.35. The van der Waals surface area contributed by atoms with Gasteiger partial charge in [-0.3, -0.25) is 15.5 Å². The molecule has 0 saturated carbocycles. The summed E-state index contributed by atoms with van der Waals surface area (Å²) in [7, 11) is 0. The topological polar surface area (TPSA) is 111 Å². The van der Waals surface area contributed by atoms with Crippen molar-refractivity contribution in [3.05, 3.63) is 54.2 Å². The van der Waals surface area contributed by atoms with Crippen LogP contribution in [-0.2, 0) is 5.66 Å². The van der Waals surface area contributed by atoms with Gasteiger partial charge in [0.05, 0.1) is 17.4 Å². The summed E-state index contributed by atoms with van der Waals surface area (Å²) < 4.78 is 40.6. The molecule has 0 radical (unpaired) electrons. The molecule has 10 nitrogen and oxygen atoms in total. The van der Waals surface area contributed by atoms with E-state index in [-0.39, 0.29) is 23.4 Å². The minimum atomic E-state index is -4.63. The molecule has 2 amide bonds. The van der Waals surface area contributed by atoms with Crippen molar-refractivity contribution < 1.29 is 18.0 Å². The van der Waals surface area contributed by atoms with Crippen molar-refractivity contribution in [2.45, 2.75) is 24.3 Å². The molecule has 13 heteroatoms. The first-order valence-electron chi connectivity index (χ1n) is 11.3. The van der Waals surface area contributed by atoms with Gasteiger partial charge in [0.2, 0.25) is 5.95 Å². The third-order valence-electron chi connectivity index (χ3n) is 6.50. The smallest absolute Gasteiger partial charge is 0.366 e. The average molecular weight is 505 g/mol. The predicted molar refractivity (Wildman–Crippen MR) is 129 cm³/mol. The van der Waals surface area contributed by atoms with Gasteiger partial charge in [0.25, 0.3) is 0 Å². The van der Waals surface area contributed by atoms with Crippen LogP contribution in [0.1, 0.15) is 12.0 Å². The SMILES string of the molecule is C#CNc1nccc(NC(=O)N2c3nc(-c4cccc(C5(C(F)(F)F)N=N5)c4)ccc3N3CC[C@H]2C3)n1. The fraction of sp³-hybridized carbons (Fsp3) is 0.250. The van der Waals surface area contributed by atoms with Crippen molar-refractivity contribution in [3.63, 3.8) is 0 Å². The van der Waals surface area contributed by atoms with Crippen molar-refractivity contribution in [2.75, 3.05) is 33.5 Å². The van der Waals surface area contributed by atoms with Crippen LogP contribution in [0.25, 0.3) is 11.3 Å². The van der Waals surface area contributed by atoms with Crippen molar-refractivity contribution in [1.29, 1.82) is 0 Å². The Labute approximate surface area is 208 Å². The number of aromatic nitrogens is 3. The number of pyridine rings is 1. The number of terminal acetylenes is 1. The number of hydrogen-bond donors (Lipinski definition) is 2. The number of carbonyl (C=O) groups excluding carboxylic acids is 1. The van der Waals surface area contributed by atoms with E-state index >= 15 is 0 Å². The lowest BCUT2D eigenvalue weighted by atomic mass is 9.99. The zero-order chi connectivity index (χ0) is 25.8. The Hall–Kier alpha value is -4.73. The largest absolute Gasteiger partial charge is 0.442 e. The second-order valence-corrected chi connectivity index (χ2v) is 8.71. The van der Waals surface area contributed by atoms with Gasteiger partial charge in [0, 0.05) is 36.5 Å². The van der Waals surface area contributed by atoms with Gasteiger partial charge in [-0.25, -0.2) is 14.8 Å². The minimum Gasteiger partial charge on any atom is -0.366 e. The van der Waals surface area contributed by atoms with Crippen LogP contribution in [-0.4, -0.2) is 46.3 Å². The summed E-state index contributed by atoms with van der Waals surface area (Å²) >= 11 is 0. The summed E-state index contributed by atoms with van der Waals surface area (Å²) in [6.07, 6.45) is 2.79. The molecule has 186 valence electrons. The van der Waals surface area contributed by atoms with E-state index < -0.39 is 17.9 Å². The molecule has 1 saturated heterocycles. The Kier molecular flexibility index (Phi) is 5.01. The molecule has 0 spiro atoms. The highest BCUT2D eigenvalue weighted by atomic mass is 19.4. The molecule has 0 aliphatic carbocycles. The number of nitrogens with one attached hydrogen (secondary N) is 2. The number of benzene rings is 1. The van der Waals surface area contributed by atoms with Crippen molar-refractivity contribution in [1.82, 2.24) is 15.0 Å². The Morgan fingerprint density at radius 1 is 1.16 bits per heavy atom. The summed E-state index contributed by atoms with van der Waals surface area (Å²) in [5, 5.41) is 11.9. The number of alkyl halides is 3. The van der Waals surface area contributed by atoms with E-state index in [2.05, 4.69) is 41.8 Å². The standard InChI is InChI=1S/C24H18F3N9O/c1-2-28-21-29-10-8-19(31-21)32-22(37)36-16-9-11-35(13-16)18-7-6-17(30-20(18)36)14-4-3-5-15(12-14)23(33-34-23)24(25,26)27/h1,3-8,10,12,16H,9,11,13H2,(H2,28,29,31,32,37)/t16-/m0/s1. The first kappa shape index (κ1) is 22.7. The minimum absolute atomic E-state index is 0.0874. The maximum Gasteiger partial charge on any atom is 0.442 e. The molecular weight excluding hydrogens is 487 g/mol. The molecule has 0 unspecified atom stereocenters. The monoisotopic (exact) mass is 505 g/mol. The highest BCUT2D eigenvalue weighted by Crippen LogP contribution is 2.52. The first-order chi connectivity index (χ1) is 17.8. The van der Waals surface area contributed by atoms with Crippen molar-refractivity contribution >= 4 is 29.3 Å². The quantitative estimate of drug-likeness (QED) is 0.403.